The average Bonchev–Trinajstić information content (AvgIpc) is 3.17. The summed E-state index contributed by atoms with van der Waals surface area (Å²) in [6, 6.07) is 17.5. The number of rotatable bonds is 6. The maximum atomic E-state index is 14.6. The van der Waals surface area contributed by atoms with Gasteiger partial charge in [0.2, 0.25) is 0 Å². The van der Waals surface area contributed by atoms with Gasteiger partial charge in [-0.3, -0.25) is 14.2 Å². The number of hydrogen-bond acceptors (Lipinski definition) is 5. The Labute approximate surface area is 183 Å². The van der Waals surface area contributed by atoms with Gasteiger partial charge in [0.25, 0.3) is 11.5 Å². The van der Waals surface area contributed by atoms with Gasteiger partial charge in [-0.1, -0.05) is 48.5 Å². The normalized spacial score (nSPS) is 20.4. The fraction of sp³-hybridized carbons (Fsp3) is 0.292. The largest absolute Gasteiger partial charge is 0.374 e. The third-order valence-electron chi connectivity index (χ3n) is 5.38. The van der Waals surface area contributed by atoms with E-state index in [4.69, 9.17) is 9.47 Å². The van der Waals surface area contributed by atoms with Crippen molar-refractivity contribution in [3.05, 3.63) is 104 Å². The van der Waals surface area contributed by atoms with Crippen molar-refractivity contribution in [3.8, 4) is 0 Å². The van der Waals surface area contributed by atoms with Gasteiger partial charge >= 0.3 is 5.69 Å². The molecule has 1 aliphatic rings. The molecule has 3 atom stereocenters. The number of nitrogens with zero attached hydrogens (tertiary/aromatic N) is 2. The minimum atomic E-state index is -1.35. The quantitative estimate of drug-likeness (QED) is 0.591. The van der Waals surface area contributed by atoms with E-state index in [-0.39, 0.29) is 24.2 Å². The third kappa shape index (κ3) is 4.46. The van der Waals surface area contributed by atoms with Crippen LogP contribution in [0.1, 0.15) is 34.1 Å². The van der Waals surface area contributed by atoms with Crippen molar-refractivity contribution in [1.29, 1.82) is 0 Å². The van der Waals surface area contributed by atoms with E-state index < -0.39 is 35.7 Å². The Balaban J connectivity index is 1.53. The van der Waals surface area contributed by atoms with Crippen LogP contribution in [-0.4, -0.2) is 33.9 Å². The van der Waals surface area contributed by atoms with E-state index >= 15 is 0 Å². The Morgan fingerprint density at radius 3 is 2.44 bits per heavy atom. The maximum Gasteiger partial charge on any atom is 0.340 e. The summed E-state index contributed by atoms with van der Waals surface area (Å²) in [6.45, 7) is 1.83. The van der Waals surface area contributed by atoms with Gasteiger partial charge in [0.05, 0.1) is 13.2 Å². The summed E-state index contributed by atoms with van der Waals surface area (Å²) in [6.07, 6.45) is -1.94. The van der Waals surface area contributed by atoms with Crippen LogP contribution in [0.25, 0.3) is 0 Å². The SMILES string of the molecule is Cc1cn([C@@H]2C[C@H](F)[C@@H](COCc3ccccc3)O2)c(=O)n(C(=O)c2ccccc2)c1=O. The first-order chi connectivity index (χ1) is 15.5. The highest BCUT2D eigenvalue weighted by Crippen LogP contribution is 2.30. The van der Waals surface area contributed by atoms with Crippen molar-refractivity contribution < 1.29 is 18.7 Å². The summed E-state index contributed by atoms with van der Waals surface area (Å²) >= 11 is 0. The van der Waals surface area contributed by atoms with Crippen LogP contribution in [0.3, 0.4) is 0 Å². The number of alkyl halides is 1. The first-order valence-electron chi connectivity index (χ1n) is 10.3. The molecule has 1 aromatic heterocycles. The lowest BCUT2D eigenvalue weighted by atomic mass is 10.2. The molecule has 3 aromatic rings. The van der Waals surface area contributed by atoms with Crippen LogP contribution >= 0.6 is 0 Å². The molecule has 7 nitrogen and oxygen atoms in total. The minimum Gasteiger partial charge on any atom is -0.374 e. The zero-order valence-electron chi connectivity index (χ0n) is 17.5. The first kappa shape index (κ1) is 21.9. The number of aryl methyl sites for hydroxylation is 1. The molecule has 2 aromatic carbocycles. The van der Waals surface area contributed by atoms with E-state index in [1.165, 1.54) is 25.3 Å². The minimum absolute atomic E-state index is 0.0167. The number of benzene rings is 2. The molecule has 166 valence electrons. The number of ether oxygens (including phenoxy) is 2. The van der Waals surface area contributed by atoms with Crippen LogP contribution < -0.4 is 11.2 Å². The fourth-order valence-electron chi connectivity index (χ4n) is 3.67. The van der Waals surface area contributed by atoms with Crippen LogP contribution in [0, 0.1) is 6.92 Å². The summed E-state index contributed by atoms with van der Waals surface area (Å²) in [4.78, 5) is 38.4. The lowest BCUT2D eigenvalue weighted by molar-refractivity contribution is -0.0575. The first-order valence-corrected chi connectivity index (χ1v) is 10.3. The molecule has 1 saturated heterocycles. The second-order valence-electron chi connectivity index (χ2n) is 7.70. The molecular formula is C24H23FN2O5. The predicted molar refractivity (Wildman–Crippen MR) is 115 cm³/mol. The van der Waals surface area contributed by atoms with E-state index in [1.54, 1.807) is 18.2 Å². The van der Waals surface area contributed by atoms with Gasteiger partial charge in [0, 0.05) is 23.7 Å². The summed E-state index contributed by atoms with van der Waals surface area (Å²) < 4.78 is 27.7. The summed E-state index contributed by atoms with van der Waals surface area (Å²) in [7, 11) is 0. The molecule has 0 amide bonds. The van der Waals surface area contributed by atoms with Crippen molar-refractivity contribution in [2.24, 2.45) is 0 Å². The van der Waals surface area contributed by atoms with Crippen molar-refractivity contribution in [1.82, 2.24) is 9.13 Å². The lowest BCUT2D eigenvalue weighted by Gasteiger charge is -2.18. The van der Waals surface area contributed by atoms with Crippen molar-refractivity contribution in [2.45, 2.75) is 38.5 Å². The smallest absolute Gasteiger partial charge is 0.340 e. The molecule has 4 rings (SSSR count). The highest BCUT2D eigenvalue weighted by Gasteiger charge is 2.37. The van der Waals surface area contributed by atoms with Crippen LogP contribution in [0.4, 0.5) is 4.39 Å². The van der Waals surface area contributed by atoms with Crippen molar-refractivity contribution in [2.75, 3.05) is 6.61 Å². The van der Waals surface area contributed by atoms with E-state index in [1.807, 2.05) is 30.3 Å². The second-order valence-corrected chi connectivity index (χ2v) is 7.70. The van der Waals surface area contributed by atoms with Gasteiger partial charge in [0.15, 0.2) is 0 Å². The lowest BCUT2D eigenvalue weighted by Crippen LogP contribution is -2.45. The number of carbonyl (C=O) groups is 1. The van der Waals surface area contributed by atoms with Crippen molar-refractivity contribution >= 4 is 5.91 Å². The van der Waals surface area contributed by atoms with Gasteiger partial charge in [-0.15, -0.1) is 0 Å². The number of halogens is 1. The Kier molecular flexibility index (Phi) is 6.43. The van der Waals surface area contributed by atoms with Crippen molar-refractivity contribution in [3.63, 3.8) is 0 Å². The van der Waals surface area contributed by atoms with Crippen LogP contribution in [0.2, 0.25) is 0 Å². The van der Waals surface area contributed by atoms with E-state index in [9.17, 15) is 18.8 Å². The maximum absolute atomic E-state index is 14.6. The van der Waals surface area contributed by atoms with Gasteiger partial charge in [-0.05, 0) is 24.6 Å². The van der Waals surface area contributed by atoms with Gasteiger partial charge < -0.3 is 9.47 Å². The van der Waals surface area contributed by atoms with Crippen LogP contribution in [-0.2, 0) is 16.1 Å². The van der Waals surface area contributed by atoms with E-state index in [0.29, 0.717) is 11.2 Å². The molecule has 0 radical (unpaired) electrons. The average molecular weight is 438 g/mol. The van der Waals surface area contributed by atoms with Gasteiger partial charge in [0.1, 0.15) is 18.5 Å². The fourth-order valence-corrected chi connectivity index (χ4v) is 3.67. The molecule has 0 bridgehead atoms. The molecule has 2 heterocycles. The standard InChI is InChI=1S/C24H23FN2O5/c1-16-13-26(24(30)27(22(16)28)23(29)18-10-6-3-7-11-18)21-12-19(25)20(32-21)15-31-14-17-8-4-2-5-9-17/h2-11,13,19-21H,12,14-15H2,1H3/t19-,20+,21-/m0/s1. The summed E-state index contributed by atoms with van der Waals surface area (Å²) in [5.41, 5.74) is -0.241. The zero-order valence-corrected chi connectivity index (χ0v) is 17.5. The third-order valence-corrected chi connectivity index (χ3v) is 5.38. The van der Waals surface area contributed by atoms with Crippen LogP contribution in [0.15, 0.2) is 76.4 Å². The number of carbonyl (C=O) groups excluding carboxylic acids is 1. The molecule has 1 aliphatic heterocycles. The van der Waals surface area contributed by atoms with E-state index in [0.717, 1.165) is 10.1 Å². The molecule has 0 unspecified atom stereocenters. The Morgan fingerprint density at radius 2 is 1.75 bits per heavy atom. The molecular weight excluding hydrogens is 415 g/mol. The van der Waals surface area contributed by atoms with Gasteiger partial charge in [-0.25, -0.2) is 9.18 Å². The highest BCUT2D eigenvalue weighted by molar-refractivity contribution is 5.95. The molecule has 0 saturated carbocycles. The van der Waals surface area contributed by atoms with Gasteiger partial charge in [-0.2, -0.15) is 4.57 Å². The number of aromatic nitrogens is 2. The zero-order chi connectivity index (χ0) is 22.7. The van der Waals surface area contributed by atoms with E-state index in [2.05, 4.69) is 0 Å². The molecule has 0 spiro atoms. The highest BCUT2D eigenvalue weighted by atomic mass is 19.1. The molecule has 1 fully saturated rings. The number of hydrogen-bond donors (Lipinski definition) is 0. The molecule has 8 heteroatoms. The Morgan fingerprint density at radius 1 is 1.09 bits per heavy atom. The Hall–Kier alpha value is -3.36. The van der Waals surface area contributed by atoms with Crippen LogP contribution in [0.5, 0.6) is 0 Å². The predicted octanol–water partition coefficient (Wildman–Crippen LogP) is 2.85. The topological polar surface area (TPSA) is 79.5 Å². The summed E-state index contributed by atoms with van der Waals surface area (Å²) in [5, 5.41) is 0. The Bertz CT molecular complexity index is 1210. The monoisotopic (exact) mass is 438 g/mol. The summed E-state index contributed by atoms with van der Waals surface area (Å²) in [5.74, 6) is -0.740. The molecule has 32 heavy (non-hydrogen) atoms. The molecule has 0 aliphatic carbocycles. The molecule has 0 N–H and O–H groups in total. The second kappa shape index (κ2) is 9.42.